The Morgan fingerprint density at radius 1 is 0.581 bits per heavy atom. The molecule has 0 fully saturated rings. The lowest BCUT2D eigenvalue weighted by Gasteiger charge is -2.39. The molecule has 31 heavy (non-hydrogen) atoms. The minimum atomic E-state index is -2.53. The molecule has 3 heteroatoms. The summed E-state index contributed by atoms with van der Waals surface area (Å²) >= 11 is 0. The Labute approximate surface area is 186 Å². The number of ether oxygens (including phenoxy) is 1. The lowest BCUT2D eigenvalue weighted by molar-refractivity contribution is 0.0801. The summed E-state index contributed by atoms with van der Waals surface area (Å²) in [6.45, 7) is 2.23. The monoisotopic (exact) mass is 423 g/mol. The number of methoxy groups -OCH3 is 1. The summed E-state index contributed by atoms with van der Waals surface area (Å²) in [5, 5.41) is 4.01. The largest absolute Gasteiger partial charge is 0.375 e. The summed E-state index contributed by atoms with van der Waals surface area (Å²) < 4.78 is 6.01. The van der Waals surface area contributed by atoms with Crippen LogP contribution in [0.2, 0.25) is 0 Å². The van der Waals surface area contributed by atoms with E-state index in [9.17, 15) is 0 Å². The van der Waals surface area contributed by atoms with Crippen molar-refractivity contribution < 1.29 is 4.74 Å². The molecule has 4 aromatic carbocycles. The van der Waals surface area contributed by atoms with E-state index in [0.717, 1.165) is 0 Å². The van der Waals surface area contributed by atoms with E-state index < -0.39 is 8.24 Å². The summed E-state index contributed by atoms with van der Waals surface area (Å²) in [5.41, 5.74) is 1.18. The summed E-state index contributed by atoms with van der Waals surface area (Å²) in [4.78, 5) is 4.14. The van der Waals surface area contributed by atoms with Crippen molar-refractivity contribution in [3.8, 4) is 0 Å². The third-order valence-corrected chi connectivity index (χ3v) is 10.4. The fraction of sp³-hybridized carbons (Fsp3) is 0.143. The fourth-order valence-corrected chi connectivity index (χ4v) is 8.91. The highest BCUT2D eigenvalue weighted by Crippen LogP contribution is 2.21. The van der Waals surface area contributed by atoms with Crippen LogP contribution in [0.15, 0.2) is 121 Å². The Bertz CT molecular complexity index is 959. The molecule has 0 radical (unpaired) electrons. The normalized spacial score (nSPS) is 13.5. The van der Waals surface area contributed by atoms with Gasteiger partial charge in [0.05, 0.1) is 6.10 Å². The Balaban J connectivity index is 1.88. The van der Waals surface area contributed by atoms with Crippen molar-refractivity contribution in [1.82, 2.24) is 4.98 Å². The van der Waals surface area contributed by atoms with E-state index >= 15 is 0 Å². The maximum absolute atomic E-state index is 6.01. The first-order chi connectivity index (χ1) is 15.3. The van der Waals surface area contributed by atoms with E-state index in [1.54, 1.807) is 7.11 Å². The zero-order chi connectivity index (χ0) is 21.5. The Hall–Kier alpha value is -2.98. The average Bonchev–Trinajstić information content (AvgIpc) is 2.85. The van der Waals surface area contributed by atoms with E-state index in [-0.39, 0.29) is 12.1 Å². The SMILES string of the molecule is CO[C@H](c1ccccc1)[C@H](C)N[Si](c1ccccc1)(c1ccccc1)c1ccccc1. The smallest absolute Gasteiger partial charge is 0.222 e. The molecule has 0 unspecified atom stereocenters. The van der Waals surface area contributed by atoms with Crippen LogP contribution in [-0.4, -0.2) is 21.4 Å². The highest BCUT2D eigenvalue weighted by Gasteiger charge is 2.42. The average molecular weight is 424 g/mol. The summed E-state index contributed by atoms with van der Waals surface area (Å²) in [6.07, 6.45) is -0.0517. The summed E-state index contributed by atoms with van der Waals surface area (Å²) in [6, 6.07) is 43.2. The van der Waals surface area contributed by atoms with Gasteiger partial charge in [0.2, 0.25) is 8.24 Å². The number of nitrogens with one attached hydrogen (secondary N) is 1. The van der Waals surface area contributed by atoms with Crippen molar-refractivity contribution in [3.63, 3.8) is 0 Å². The van der Waals surface area contributed by atoms with Gasteiger partial charge in [-0.05, 0) is 28.0 Å². The molecule has 1 N–H and O–H groups in total. The van der Waals surface area contributed by atoms with Crippen LogP contribution < -0.4 is 20.5 Å². The zero-order valence-corrected chi connectivity index (χ0v) is 19.1. The standard InChI is InChI=1S/C28H29NOSi/c1-23(28(30-2)24-15-7-3-8-16-24)29-31(25-17-9-4-10-18-25,26-19-11-5-12-20-26)27-21-13-6-14-22-27/h3-23,28-29H,1-2H3/t23-,28-/m0/s1. The van der Waals surface area contributed by atoms with Crippen LogP contribution in [0, 0.1) is 0 Å². The van der Waals surface area contributed by atoms with E-state index in [1.807, 2.05) is 6.07 Å². The van der Waals surface area contributed by atoms with Gasteiger partial charge in [0.15, 0.2) is 0 Å². The van der Waals surface area contributed by atoms with Crippen molar-refractivity contribution in [1.29, 1.82) is 0 Å². The second-order valence-electron chi connectivity index (χ2n) is 7.85. The number of rotatable bonds is 8. The van der Waals surface area contributed by atoms with Crippen molar-refractivity contribution in [2.75, 3.05) is 7.11 Å². The van der Waals surface area contributed by atoms with E-state index in [2.05, 4.69) is 127 Å². The molecular weight excluding hydrogens is 394 g/mol. The fourth-order valence-electron chi connectivity index (χ4n) is 4.50. The molecule has 0 aromatic heterocycles. The zero-order valence-electron chi connectivity index (χ0n) is 18.1. The maximum atomic E-state index is 6.01. The van der Waals surface area contributed by atoms with Gasteiger partial charge >= 0.3 is 0 Å². The molecule has 0 aliphatic heterocycles. The molecule has 2 atom stereocenters. The molecular formula is C28H29NOSi. The Morgan fingerprint density at radius 3 is 1.29 bits per heavy atom. The van der Waals surface area contributed by atoms with Gasteiger partial charge in [0.25, 0.3) is 0 Å². The molecule has 4 aromatic rings. The third kappa shape index (κ3) is 4.40. The Kier molecular flexibility index (Phi) is 6.78. The van der Waals surface area contributed by atoms with Crippen molar-refractivity contribution >= 4 is 23.8 Å². The number of hydrogen-bond donors (Lipinski definition) is 1. The molecule has 0 spiro atoms. The van der Waals surface area contributed by atoms with Gasteiger partial charge in [0, 0.05) is 13.2 Å². The van der Waals surface area contributed by atoms with Crippen LogP contribution in [0.3, 0.4) is 0 Å². The van der Waals surface area contributed by atoms with E-state index in [1.165, 1.54) is 21.1 Å². The number of benzene rings is 4. The van der Waals surface area contributed by atoms with Crippen LogP contribution in [0.25, 0.3) is 0 Å². The molecule has 156 valence electrons. The molecule has 0 aliphatic carbocycles. The first kappa shape index (κ1) is 21.3. The van der Waals surface area contributed by atoms with Crippen LogP contribution >= 0.6 is 0 Å². The lowest BCUT2D eigenvalue weighted by Crippen LogP contribution is -2.78. The first-order valence-electron chi connectivity index (χ1n) is 10.8. The minimum Gasteiger partial charge on any atom is -0.375 e. The number of hydrogen-bond acceptors (Lipinski definition) is 2. The van der Waals surface area contributed by atoms with Gasteiger partial charge in [-0.15, -0.1) is 0 Å². The molecule has 0 aliphatic rings. The molecule has 0 saturated heterocycles. The topological polar surface area (TPSA) is 21.3 Å². The Morgan fingerprint density at radius 2 is 0.935 bits per heavy atom. The van der Waals surface area contributed by atoms with Gasteiger partial charge in [0.1, 0.15) is 0 Å². The van der Waals surface area contributed by atoms with Crippen LogP contribution in [-0.2, 0) is 4.74 Å². The molecule has 0 amide bonds. The van der Waals surface area contributed by atoms with Gasteiger partial charge in [-0.25, -0.2) is 0 Å². The first-order valence-corrected chi connectivity index (χ1v) is 12.8. The van der Waals surface area contributed by atoms with Gasteiger partial charge in [-0.3, -0.25) is 0 Å². The molecule has 0 bridgehead atoms. The van der Waals surface area contributed by atoms with Crippen molar-refractivity contribution in [2.45, 2.75) is 19.1 Å². The van der Waals surface area contributed by atoms with E-state index in [0.29, 0.717) is 0 Å². The van der Waals surface area contributed by atoms with Crippen LogP contribution in [0.1, 0.15) is 18.6 Å². The van der Waals surface area contributed by atoms with Gasteiger partial charge in [-0.1, -0.05) is 121 Å². The third-order valence-electron chi connectivity index (χ3n) is 5.90. The lowest BCUT2D eigenvalue weighted by atomic mass is 10.0. The van der Waals surface area contributed by atoms with Gasteiger partial charge < -0.3 is 9.72 Å². The minimum absolute atomic E-state index is 0.0517. The van der Waals surface area contributed by atoms with E-state index in [4.69, 9.17) is 4.74 Å². The summed E-state index contributed by atoms with van der Waals surface area (Å²) in [5.74, 6) is 0. The quantitative estimate of drug-likeness (QED) is 0.341. The van der Waals surface area contributed by atoms with Crippen molar-refractivity contribution in [2.24, 2.45) is 0 Å². The van der Waals surface area contributed by atoms with Crippen LogP contribution in [0.5, 0.6) is 0 Å². The van der Waals surface area contributed by atoms with Crippen LogP contribution in [0.4, 0.5) is 0 Å². The predicted octanol–water partition coefficient (Wildman–Crippen LogP) is 4.02. The second kappa shape index (κ2) is 9.88. The molecule has 2 nitrogen and oxygen atoms in total. The molecule has 0 heterocycles. The highest BCUT2D eigenvalue weighted by molar-refractivity contribution is 7.09. The summed E-state index contributed by atoms with van der Waals surface area (Å²) in [7, 11) is -0.731. The molecule has 0 saturated carbocycles. The van der Waals surface area contributed by atoms with Crippen molar-refractivity contribution in [3.05, 3.63) is 127 Å². The van der Waals surface area contributed by atoms with Gasteiger partial charge in [-0.2, -0.15) is 0 Å². The maximum Gasteiger partial charge on any atom is 0.222 e. The highest BCUT2D eigenvalue weighted by atomic mass is 28.3. The predicted molar refractivity (Wildman–Crippen MR) is 133 cm³/mol. The molecule has 4 rings (SSSR count). The second-order valence-corrected chi connectivity index (χ2v) is 11.4.